The van der Waals surface area contributed by atoms with Gasteiger partial charge in [0.1, 0.15) is 0 Å². The fourth-order valence-electron chi connectivity index (χ4n) is 24.4. The lowest BCUT2D eigenvalue weighted by Crippen LogP contribution is -2.38. The molecule has 0 unspecified atom stereocenters. The van der Waals surface area contributed by atoms with E-state index in [9.17, 15) is 0 Å². The molecule has 1 heteroatoms. The van der Waals surface area contributed by atoms with Crippen molar-refractivity contribution in [1.82, 2.24) is 0 Å². The highest BCUT2D eigenvalue weighted by Crippen LogP contribution is 2.84. The Labute approximate surface area is 377 Å². The third-order valence-electron chi connectivity index (χ3n) is 24.4. The molecule has 0 saturated heterocycles. The van der Waals surface area contributed by atoms with Crippen molar-refractivity contribution >= 4 is 313 Å². The van der Waals surface area contributed by atoms with Gasteiger partial charge < -0.3 is 0 Å². The van der Waals surface area contributed by atoms with E-state index in [1.807, 2.05) is 0 Å². The smallest absolute Gasteiger partial charge is 0.0567 e. The van der Waals surface area contributed by atoms with Crippen molar-refractivity contribution in [3.05, 3.63) is 55.7 Å². The second-order valence-electron chi connectivity index (χ2n) is 24.6. The first-order valence-electron chi connectivity index (χ1n) is 24.9. The van der Waals surface area contributed by atoms with Crippen LogP contribution in [0.5, 0.6) is 0 Å². The number of hydrogen-bond acceptors (Lipinski definition) is 0. The molecular formula is C66H5I. The van der Waals surface area contributed by atoms with Gasteiger partial charge in [-0.05, 0) is 353 Å². The standard InChI is InChI=1S/C66H5I/c67-6-3-1-5(2-4-6)66-63-59-53-39-31-23-11-8-7-9-12(11)24-26-22-16(9)18-14-10(7)13-17-15(8)21-25(23)37(39)45-43-29(21)27(17)35-33-19(13)20(14)34-36-28(18)30(22)44-46-38(26)40(32(24)31)54(53)60(63)56(46)58-50(44)48(36)52-42(34)41(33)51-47(35)49(43)57(55(45)59)64(66)61(51)62(52)65(58)66/h1-4,63H. The molecule has 4 aliphatic carbocycles. The van der Waals surface area contributed by atoms with Gasteiger partial charge in [-0.2, -0.15) is 0 Å². The van der Waals surface area contributed by atoms with E-state index in [-0.39, 0.29) is 11.3 Å². The van der Waals surface area contributed by atoms with Gasteiger partial charge in [-0.25, -0.2) is 0 Å². The van der Waals surface area contributed by atoms with Crippen LogP contribution in [0.2, 0.25) is 0 Å². The van der Waals surface area contributed by atoms with Crippen molar-refractivity contribution < 1.29 is 0 Å². The molecule has 0 saturated carbocycles. The largest absolute Gasteiger partial charge is 0.0586 e. The van der Waals surface area contributed by atoms with Gasteiger partial charge in [-0.1, -0.05) is 12.1 Å². The molecule has 0 atom stereocenters. The number of halogens is 1. The molecule has 0 aromatic heterocycles. The quantitative estimate of drug-likeness (QED) is 0.114. The number of rotatable bonds is 1. The van der Waals surface area contributed by atoms with Gasteiger partial charge in [0.05, 0.1) is 5.41 Å². The Kier molecular flexibility index (Phi) is 2.07. The summed E-state index contributed by atoms with van der Waals surface area (Å²) >= 11 is 2.58. The average molecular weight is 925 g/mol. The van der Waals surface area contributed by atoms with E-state index >= 15 is 0 Å². The fourth-order valence-corrected chi connectivity index (χ4v) is 24.7. The lowest BCUT2D eigenvalue weighted by atomic mass is 9.55. The number of benzene rings is 19. The minimum atomic E-state index is -0.310. The molecule has 0 nitrogen and oxygen atoms in total. The van der Waals surface area contributed by atoms with E-state index in [4.69, 9.17) is 0 Å². The van der Waals surface area contributed by atoms with Gasteiger partial charge in [0.15, 0.2) is 0 Å². The predicted molar refractivity (Wildman–Crippen MR) is 293 cm³/mol. The molecule has 0 spiro atoms. The minimum Gasteiger partial charge on any atom is -0.0567 e. The zero-order chi connectivity index (χ0) is 39.5. The molecule has 0 N–H and O–H groups in total. The minimum absolute atomic E-state index is 0.248. The first-order valence-corrected chi connectivity index (χ1v) is 26.0. The molecular weight excluding hydrogens is 920 g/mol. The Morgan fingerprint density at radius 3 is 0.597 bits per heavy atom. The maximum absolute atomic E-state index is 2.63. The molecule has 4 aliphatic rings. The lowest BCUT2D eigenvalue weighted by molar-refractivity contribution is 0.567. The third kappa shape index (κ3) is 1.33. The maximum Gasteiger partial charge on any atom is 0.0586 e. The average Bonchev–Trinajstić information content (AvgIpc) is 4.19. The third-order valence-corrected chi connectivity index (χ3v) is 25.1. The Hall–Kier alpha value is -7.59. The summed E-state index contributed by atoms with van der Waals surface area (Å²) in [6.07, 6.45) is 0. The van der Waals surface area contributed by atoms with E-state index in [0.29, 0.717) is 0 Å². The lowest BCUT2D eigenvalue weighted by Gasteiger charge is -2.46. The van der Waals surface area contributed by atoms with Crippen molar-refractivity contribution in [1.29, 1.82) is 0 Å². The van der Waals surface area contributed by atoms with Crippen molar-refractivity contribution in [2.75, 3.05) is 0 Å². The molecule has 33 rings (SSSR count). The van der Waals surface area contributed by atoms with Crippen LogP contribution in [-0.4, -0.2) is 0 Å². The van der Waals surface area contributed by atoms with Gasteiger partial charge in [-0.3, -0.25) is 0 Å². The van der Waals surface area contributed by atoms with E-state index < -0.39 is 0 Å². The Morgan fingerprint density at radius 1 is 0.209 bits per heavy atom. The molecule has 0 bridgehead atoms. The first kappa shape index (κ1) is 24.8. The van der Waals surface area contributed by atoms with Crippen LogP contribution in [0, 0.1) is 3.57 Å². The maximum atomic E-state index is 2.63. The summed E-state index contributed by atoms with van der Waals surface area (Å²) in [5, 5.41) is 90.1. The highest BCUT2D eigenvalue weighted by Gasteiger charge is 2.63. The summed E-state index contributed by atoms with van der Waals surface area (Å²) in [5.74, 6) is 0.248. The summed E-state index contributed by atoms with van der Waals surface area (Å²) in [5.41, 5.74) is 8.19. The van der Waals surface area contributed by atoms with E-state index in [1.165, 1.54) is 3.57 Å². The van der Waals surface area contributed by atoms with Gasteiger partial charge in [0.25, 0.3) is 0 Å². The van der Waals surface area contributed by atoms with Crippen LogP contribution in [0.25, 0.3) is 291 Å². The van der Waals surface area contributed by atoms with Crippen LogP contribution >= 0.6 is 22.6 Å². The van der Waals surface area contributed by atoms with Gasteiger partial charge in [0.2, 0.25) is 0 Å². The van der Waals surface area contributed by atoms with Gasteiger partial charge in [0, 0.05) is 9.49 Å². The van der Waals surface area contributed by atoms with Crippen molar-refractivity contribution in [2.45, 2.75) is 11.3 Å². The van der Waals surface area contributed by atoms with E-state index in [1.54, 1.807) is 319 Å². The van der Waals surface area contributed by atoms with Gasteiger partial charge in [-0.15, -0.1) is 0 Å². The van der Waals surface area contributed by atoms with Crippen LogP contribution < -0.4 is 0 Å². The first-order chi connectivity index (χ1) is 33.4. The molecule has 0 fully saturated rings. The van der Waals surface area contributed by atoms with E-state index in [2.05, 4.69) is 46.9 Å². The Bertz CT molecular complexity index is 7020. The summed E-state index contributed by atoms with van der Waals surface area (Å²) in [4.78, 5) is 0. The van der Waals surface area contributed by atoms with Crippen molar-refractivity contribution in [3.8, 4) is 0 Å². The Balaban J connectivity index is 1.24. The van der Waals surface area contributed by atoms with Crippen molar-refractivity contribution in [2.24, 2.45) is 0 Å². The van der Waals surface area contributed by atoms with Crippen LogP contribution in [0.3, 0.4) is 0 Å². The molecule has 0 heterocycles. The zero-order valence-corrected chi connectivity index (χ0v) is 35.9. The molecule has 0 radical (unpaired) electrons. The predicted octanol–water partition coefficient (Wildman–Crippen LogP) is 18.8. The Morgan fingerprint density at radius 2 is 0.373 bits per heavy atom. The molecule has 276 valence electrons. The van der Waals surface area contributed by atoms with Crippen LogP contribution in [0.4, 0.5) is 0 Å². The fraction of sp³-hybridized carbons (Fsp3) is 0.0303. The summed E-state index contributed by atoms with van der Waals surface area (Å²) in [6.45, 7) is 0. The normalized spacial score (nSPS) is 21.1. The van der Waals surface area contributed by atoms with Crippen LogP contribution in [0.1, 0.15) is 33.7 Å². The van der Waals surface area contributed by atoms with E-state index in [0.717, 1.165) is 0 Å². The monoisotopic (exact) mass is 924 g/mol. The molecule has 0 amide bonds. The summed E-state index contributed by atoms with van der Waals surface area (Å²) < 4.78 is 1.34. The summed E-state index contributed by atoms with van der Waals surface area (Å²) in [7, 11) is 0. The number of hydrogen-bond donors (Lipinski definition) is 0. The second kappa shape index (κ2) is 5.60. The zero-order valence-electron chi connectivity index (χ0n) is 33.8. The molecule has 67 heavy (non-hydrogen) atoms. The molecule has 29 aromatic carbocycles. The second-order valence-corrected chi connectivity index (χ2v) is 25.8. The summed E-state index contributed by atoms with van der Waals surface area (Å²) in [6, 6.07) is 10.2. The van der Waals surface area contributed by atoms with Crippen LogP contribution in [-0.2, 0) is 5.41 Å². The molecule has 29 aromatic rings. The van der Waals surface area contributed by atoms with Crippen molar-refractivity contribution in [3.63, 3.8) is 0 Å². The highest BCUT2D eigenvalue weighted by atomic mass is 127. The highest BCUT2D eigenvalue weighted by molar-refractivity contribution is 14.1. The SMILES string of the molecule is Ic1ccc(C23c4c5c6c7c8c9c(c%10c%11c2c2c4c4c%12c5c5c6c6c8c8c%13c9c9c%10c%10c%11c%11c2c2c4c4c%12c%12c5c5c6c8c6c8c%13c9c9c%10c%10c%11c2c2c4c4c%12c5c6c5c8c9c%10c2c45)C73)cc1. The topological polar surface area (TPSA) is 0 Å². The molecule has 0 aliphatic heterocycles. The van der Waals surface area contributed by atoms with Crippen LogP contribution in [0.15, 0.2) is 24.3 Å². The van der Waals surface area contributed by atoms with Gasteiger partial charge >= 0.3 is 0 Å².